The Balaban J connectivity index is 2.11. The third kappa shape index (κ3) is 3.83. The molecule has 2 rings (SSSR count). The fraction of sp³-hybridized carbons (Fsp3) is 0.600. The van der Waals surface area contributed by atoms with Crippen molar-refractivity contribution in [2.75, 3.05) is 13.2 Å². The molecular formula is C15H23NO4S. The maximum absolute atomic E-state index is 12.4. The van der Waals surface area contributed by atoms with E-state index < -0.39 is 10.0 Å². The van der Waals surface area contributed by atoms with Gasteiger partial charge in [-0.05, 0) is 37.0 Å². The van der Waals surface area contributed by atoms with Crippen molar-refractivity contribution in [3.63, 3.8) is 0 Å². The van der Waals surface area contributed by atoms with Crippen molar-refractivity contribution < 1.29 is 18.3 Å². The average molecular weight is 313 g/mol. The van der Waals surface area contributed by atoms with Gasteiger partial charge in [-0.3, -0.25) is 0 Å². The van der Waals surface area contributed by atoms with E-state index in [0.29, 0.717) is 24.3 Å². The Kier molecular flexibility index (Phi) is 5.37. The lowest BCUT2D eigenvalue weighted by Gasteiger charge is -2.18. The van der Waals surface area contributed by atoms with E-state index in [2.05, 4.69) is 4.72 Å². The Bertz CT molecular complexity index is 585. The minimum atomic E-state index is -3.56. The van der Waals surface area contributed by atoms with E-state index in [1.165, 1.54) is 6.07 Å². The van der Waals surface area contributed by atoms with E-state index >= 15 is 0 Å². The largest absolute Gasteiger partial charge is 0.392 e. The lowest BCUT2D eigenvalue weighted by Crippen LogP contribution is -2.33. The van der Waals surface area contributed by atoms with Gasteiger partial charge in [-0.1, -0.05) is 19.1 Å². The van der Waals surface area contributed by atoms with E-state index in [0.717, 1.165) is 12.8 Å². The average Bonchev–Trinajstić information content (AvgIpc) is 2.93. The van der Waals surface area contributed by atoms with Crippen LogP contribution in [0.1, 0.15) is 30.9 Å². The molecule has 2 unspecified atom stereocenters. The second kappa shape index (κ2) is 6.87. The topological polar surface area (TPSA) is 75.6 Å². The van der Waals surface area contributed by atoms with Crippen LogP contribution < -0.4 is 4.72 Å². The number of aryl methyl sites for hydroxylation is 1. The van der Waals surface area contributed by atoms with Gasteiger partial charge in [0.2, 0.25) is 10.0 Å². The van der Waals surface area contributed by atoms with Crippen LogP contribution in [0.15, 0.2) is 23.1 Å². The Labute approximate surface area is 126 Å². The number of aliphatic hydroxyl groups excluding tert-OH is 1. The number of hydrogen-bond acceptors (Lipinski definition) is 4. The quantitative estimate of drug-likeness (QED) is 0.836. The number of benzene rings is 1. The van der Waals surface area contributed by atoms with Gasteiger partial charge in [0.1, 0.15) is 0 Å². The lowest BCUT2D eigenvalue weighted by molar-refractivity contribution is 0.0884. The molecular weight excluding hydrogens is 290 g/mol. The fourth-order valence-electron chi connectivity index (χ4n) is 2.70. The first kappa shape index (κ1) is 16.4. The van der Waals surface area contributed by atoms with Crippen LogP contribution in [0, 0.1) is 12.8 Å². The SMILES string of the molecule is CCC1OCCC1CNS(=O)(=O)c1cc(CO)ccc1C. The summed E-state index contributed by atoms with van der Waals surface area (Å²) in [7, 11) is -3.56. The van der Waals surface area contributed by atoms with Crippen molar-refractivity contribution in [1.82, 2.24) is 4.72 Å². The molecule has 0 spiro atoms. The number of ether oxygens (including phenoxy) is 1. The summed E-state index contributed by atoms with van der Waals surface area (Å²) in [6.07, 6.45) is 1.92. The van der Waals surface area contributed by atoms with Gasteiger partial charge >= 0.3 is 0 Å². The van der Waals surface area contributed by atoms with Crippen LogP contribution in [0.25, 0.3) is 0 Å². The highest BCUT2D eigenvalue weighted by Gasteiger charge is 2.28. The first-order valence-electron chi connectivity index (χ1n) is 7.29. The predicted molar refractivity (Wildman–Crippen MR) is 80.4 cm³/mol. The van der Waals surface area contributed by atoms with Crippen LogP contribution in [0.3, 0.4) is 0 Å². The van der Waals surface area contributed by atoms with E-state index in [1.54, 1.807) is 19.1 Å². The summed E-state index contributed by atoms with van der Waals surface area (Å²) in [5.74, 6) is 0.228. The summed E-state index contributed by atoms with van der Waals surface area (Å²) >= 11 is 0. The van der Waals surface area contributed by atoms with Crippen molar-refractivity contribution in [3.05, 3.63) is 29.3 Å². The molecule has 21 heavy (non-hydrogen) atoms. The number of hydrogen-bond donors (Lipinski definition) is 2. The molecule has 1 aromatic carbocycles. The number of nitrogens with one attached hydrogen (secondary N) is 1. The second-order valence-corrected chi connectivity index (χ2v) is 7.21. The zero-order valence-electron chi connectivity index (χ0n) is 12.5. The van der Waals surface area contributed by atoms with Crippen molar-refractivity contribution in [2.24, 2.45) is 5.92 Å². The normalized spacial score (nSPS) is 22.6. The summed E-state index contributed by atoms with van der Waals surface area (Å²) in [4.78, 5) is 0.237. The molecule has 0 aliphatic carbocycles. The molecule has 1 aromatic rings. The zero-order valence-corrected chi connectivity index (χ0v) is 13.3. The Morgan fingerprint density at radius 2 is 2.19 bits per heavy atom. The van der Waals surface area contributed by atoms with Crippen LogP contribution in [0.4, 0.5) is 0 Å². The van der Waals surface area contributed by atoms with Crippen LogP contribution >= 0.6 is 0 Å². The van der Waals surface area contributed by atoms with Crippen LogP contribution in [-0.4, -0.2) is 32.8 Å². The van der Waals surface area contributed by atoms with E-state index in [4.69, 9.17) is 9.84 Å². The van der Waals surface area contributed by atoms with Gasteiger partial charge in [0, 0.05) is 19.1 Å². The predicted octanol–water partition coefficient (Wildman–Crippen LogP) is 1.58. The van der Waals surface area contributed by atoms with Crippen molar-refractivity contribution >= 4 is 10.0 Å². The first-order chi connectivity index (χ1) is 9.97. The van der Waals surface area contributed by atoms with Crippen molar-refractivity contribution in [1.29, 1.82) is 0 Å². The van der Waals surface area contributed by atoms with Gasteiger partial charge in [0.15, 0.2) is 0 Å². The molecule has 2 atom stereocenters. The summed E-state index contributed by atoms with van der Waals surface area (Å²) in [5.41, 5.74) is 1.27. The molecule has 2 N–H and O–H groups in total. The van der Waals surface area contributed by atoms with Gasteiger partial charge in [0.05, 0.1) is 17.6 Å². The third-order valence-electron chi connectivity index (χ3n) is 4.01. The molecule has 1 aliphatic heterocycles. The van der Waals surface area contributed by atoms with E-state index in [1.807, 2.05) is 6.92 Å². The molecule has 1 fully saturated rings. The zero-order chi connectivity index (χ0) is 15.5. The molecule has 118 valence electrons. The molecule has 1 heterocycles. The lowest BCUT2D eigenvalue weighted by atomic mass is 10.0. The number of rotatable bonds is 6. The van der Waals surface area contributed by atoms with E-state index in [9.17, 15) is 8.42 Å². The molecule has 6 heteroatoms. The highest BCUT2D eigenvalue weighted by atomic mass is 32.2. The standard InChI is InChI=1S/C15H23NO4S/c1-3-14-13(6-7-20-14)9-16-21(18,19)15-8-12(10-17)5-4-11(15)2/h4-5,8,13-14,16-17H,3,6-7,9-10H2,1-2H3. The Morgan fingerprint density at radius 1 is 1.43 bits per heavy atom. The van der Waals surface area contributed by atoms with Crippen molar-refractivity contribution in [3.8, 4) is 0 Å². The van der Waals surface area contributed by atoms with Gasteiger partial charge in [-0.2, -0.15) is 0 Å². The molecule has 1 aliphatic rings. The number of sulfonamides is 1. The van der Waals surface area contributed by atoms with Gasteiger partial charge < -0.3 is 9.84 Å². The molecule has 5 nitrogen and oxygen atoms in total. The van der Waals surface area contributed by atoms with E-state index in [-0.39, 0.29) is 23.5 Å². The molecule has 1 saturated heterocycles. The highest BCUT2D eigenvalue weighted by Crippen LogP contribution is 2.24. The van der Waals surface area contributed by atoms with Gasteiger partial charge in [-0.25, -0.2) is 13.1 Å². The third-order valence-corrected chi connectivity index (χ3v) is 5.57. The van der Waals surface area contributed by atoms with Crippen LogP contribution in [0.5, 0.6) is 0 Å². The minimum absolute atomic E-state index is 0.137. The highest BCUT2D eigenvalue weighted by molar-refractivity contribution is 7.89. The van der Waals surface area contributed by atoms with Crippen LogP contribution in [0.2, 0.25) is 0 Å². The minimum Gasteiger partial charge on any atom is -0.392 e. The van der Waals surface area contributed by atoms with Crippen molar-refractivity contribution in [2.45, 2.75) is 44.3 Å². The molecule has 0 aromatic heterocycles. The summed E-state index contributed by atoms with van der Waals surface area (Å²) in [5, 5.41) is 9.16. The smallest absolute Gasteiger partial charge is 0.240 e. The van der Waals surface area contributed by atoms with Gasteiger partial charge in [0.25, 0.3) is 0 Å². The Hall–Kier alpha value is -0.950. The van der Waals surface area contributed by atoms with Crippen LogP contribution in [-0.2, 0) is 21.4 Å². The maximum Gasteiger partial charge on any atom is 0.240 e. The summed E-state index contributed by atoms with van der Waals surface area (Å²) < 4.78 is 33.1. The number of aliphatic hydroxyl groups is 1. The second-order valence-electron chi connectivity index (χ2n) is 5.48. The molecule has 0 amide bonds. The monoisotopic (exact) mass is 313 g/mol. The van der Waals surface area contributed by atoms with Gasteiger partial charge in [-0.15, -0.1) is 0 Å². The first-order valence-corrected chi connectivity index (χ1v) is 8.78. The molecule has 0 radical (unpaired) electrons. The molecule has 0 saturated carbocycles. The maximum atomic E-state index is 12.4. The fourth-order valence-corrected chi connectivity index (χ4v) is 4.09. The molecule has 0 bridgehead atoms. The summed E-state index contributed by atoms with van der Waals surface area (Å²) in [6, 6.07) is 4.97. The summed E-state index contributed by atoms with van der Waals surface area (Å²) in [6.45, 7) is 4.72. The Morgan fingerprint density at radius 3 is 2.86 bits per heavy atom.